The van der Waals surface area contributed by atoms with Crippen molar-refractivity contribution >= 4 is 11.6 Å². The number of hydrogen-bond acceptors (Lipinski definition) is 5. The molecule has 1 aromatic heterocycles. The zero-order chi connectivity index (χ0) is 12.3. The van der Waals surface area contributed by atoms with Gasteiger partial charge in [-0.1, -0.05) is 6.92 Å². The Balaban J connectivity index is 2.88. The van der Waals surface area contributed by atoms with E-state index in [0.717, 1.165) is 11.4 Å². The zero-order valence-electron chi connectivity index (χ0n) is 10.3. The maximum absolute atomic E-state index is 9.06. The number of nitrogens with one attached hydrogen (secondary N) is 1. The van der Waals surface area contributed by atoms with Gasteiger partial charge in [-0.3, -0.25) is 0 Å². The van der Waals surface area contributed by atoms with E-state index in [1.807, 2.05) is 20.8 Å². The summed E-state index contributed by atoms with van der Waals surface area (Å²) in [5, 5.41) is 12.3. The minimum absolute atomic E-state index is 0.136. The first kappa shape index (κ1) is 12.7. The van der Waals surface area contributed by atoms with Crippen LogP contribution in [0.3, 0.4) is 0 Å². The maximum Gasteiger partial charge on any atom is 0.134 e. The molecule has 4 N–H and O–H groups in total. The van der Waals surface area contributed by atoms with Gasteiger partial charge in [-0.05, 0) is 26.7 Å². The molecule has 0 amide bonds. The smallest absolute Gasteiger partial charge is 0.134 e. The highest BCUT2D eigenvalue weighted by molar-refractivity contribution is 5.55. The predicted octanol–water partition coefficient (Wildman–Crippen LogP) is 1.10. The first-order chi connectivity index (χ1) is 7.45. The predicted molar refractivity (Wildman–Crippen MR) is 65.3 cm³/mol. The summed E-state index contributed by atoms with van der Waals surface area (Å²) in [7, 11) is 0. The molecule has 1 aromatic rings. The summed E-state index contributed by atoms with van der Waals surface area (Å²) in [6.45, 7) is 7.82. The highest BCUT2D eigenvalue weighted by Crippen LogP contribution is 2.19. The minimum atomic E-state index is 0.136. The average Bonchev–Trinajstić information content (AvgIpc) is 2.23. The largest absolute Gasteiger partial charge is 0.396 e. The number of nitrogens with zero attached hydrogens (tertiary/aromatic N) is 2. The molecule has 0 aliphatic heterocycles. The fourth-order valence-electron chi connectivity index (χ4n) is 1.31. The van der Waals surface area contributed by atoms with Crippen LogP contribution in [0.5, 0.6) is 0 Å². The van der Waals surface area contributed by atoms with E-state index in [2.05, 4.69) is 15.3 Å². The number of rotatable bonds is 4. The Morgan fingerprint density at radius 1 is 1.31 bits per heavy atom. The van der Waals surface area contributed by atoms with Crippen LogP contribution in [-0.4, -0.2) is 27.7 Å². The van der Waals surface area contributed by atoms with Crippen molar-refractivity contribution in [3.63, 3.8) is 0 Å². The third-order valence-electron chi connectivity index (χ3n) is 2.80. The van der Waals surface area contributed by atoms with E-state index in [0.29, 0.717) is 11.6 Å². The second kappa shape index (κ2) is 5.12. The summed E-state index contributed by atoms with van der Waals surface area (Å²) in [6, 6.07) is 0.136. The summed E-state index contributed by atoms with van der Waals surface area (Å²) in [5.41, 5.74) is 6.61. The molecular formula is C11H20N4O. The van der Waals surface area contributed by atoms with Crippen molar-refractivity contribution < 1.29 is 5.11 Å². The van der Waals surface area contributed by atoms with Crippen LogP contribution < -0.4 is 11.1 Å². The fourth-order valence-corrected chi connectivity index (χ4v) is 1.31. The van der Waals surface area contributed by atoms with E-state index in [9.17, 15) is 0 Å². The Hall–Kier alpha value is -1.36. The van der Waals surface area contributed by atoms with E-state index in [-0.39, 0.29) is 18.6 Å². The van der Waals surface area contributed by atoms with Gasteiger partial charge in [0.25, 0.3) is 0 Å². The van der Waals surface area contributed by atoms with E-state index < -0.39 is 0 Å². The van der Waals surface area contributed by atoms with Gasteiger partial charge in [0.15, 0.2) is 0 Å². The molecule has 1 rings (SSSR count). The Morgan fingerprint density at radius 2 is 1.94 bits per heavy atom. The molecule has 5 nitrogen and oxygen atoms in total. The zero-order valence-corrected chi connectivity index (χ0v) is 10.3. The van der Waals surface area contributed by atoms with Crippen LogP contribution >= 0.6 is 0 Å². The summed E-state index contributed by atoms with van der Waals surface area (Å²) in [4.78, 5) is 8.39. The van der Waals surface area contributed by atoms with Gasteiger partial charge in [-0.25, -0.2) is 9.97 Å². The first-order valence-electron chi connectivity index (χ1n) is 5.43. The quantitative estimate of drug-likeness (QED) is 0.713. The van der Waals surface area contributed by atoms with Gasteiger partial charge in [0.2, 0.25) is 0 Å². The fraction of sp³-hybridized carbons (Fsp3) is 0.636. The number of aryl methyl sites for hydroxylation is 1. The molecule has 2 unspecified atom stereocenters. The van der Waals surface area contributed by atoms with Crippen molar-refractivity contribution in [2.24, 2.45) is 5.92 Å². The maximum atomic E-state index is 9.06. The van der Waals surface area contributed by atoms with Crippen LogP contribution in [0.2, 0.25) is 0 Å². The Morgan fingerprint density at radius 3 is 2.50 bits per heavy atom. The number of aliphatic hydroxyl groups excluding tert-OH is 1. The molecule has 1 heterocycles. The monoisotopic (exact) mass is 224 g/mol. The number of nitrogen functional groups attached to an aromatic ring is 1. The highest BCUT2D eigenvalue weighted by atomic mass is 16.3. The summed E-state index contributed by atoms with van der Waals surface area (Å²) >= 11 is 0. The van der Waals surface area contributed by atoms with Crippen LogP contribution in [0.4, 0.5) is 11.6 Å². The van der Waals surface area contributed by atoms with Gasteiger partial charge in [0.05, 0.1) is 0 Å². The Labute approximate surface area is 96.1 Å². The molecule has 0 fully saturated rings. The molecule has 0 saturated carbocycles. The number of nitrogens with two attached hydrogens (primary N) is 1. The molecule has 0 bridgehead atoms. The van der Waals surface area contributed by atoms with Crippen LogP contribution in [0, 0.1) is 19.8 Å². The summed E-state index contributed by atoms with van der Waals surface area (Å²) in [5.74, 6) is 2.06. The number of anilines is 2. The molecular weight excluding hydrogens is 204 g/mol. The molecule has 0 saturated heterocycles. The van der Waals surface area contributed by atoms with Crippen molar-refractivity contribution in [3.05, 3.63) is 11.4 Å². The molecule has 90 valence electrons. The molecule has 0 radical (unpaired) electrons. The second-order valence-corrected chi connectivity index (χ2v) is 4.22. The Bertz CT molecular complexity index is 367. The SMILES string of the molecule is Cc1nc(N)c(C)c(NC(C)C(C)CO)n1. The molecule has 0 aromatic carbocycles. The molecule has 2 atom stereocenters. The molecule has 0 aliphatic carbocycles. The molecule has 16 heavy (non-hydrogen) atoms. The third-order valence-corrected chi connectivity index (χ3v) is 2.80. The van der Waals surface area contributed by atoms with Crippen molar-refractivity contribution in [1.29, 1.82) is 0 Å². The number of aromatic nitrogens is 2. The first-order valence-corrected chi connectivity index (χ1v) is 5.43. The summed E-state index contributed by atoms with van der Waals surface area (Å²) < 4.78 is 0. The highest BCUT2D eigenvalue weighted by Gasteiger charge is 2.14. The van der Waals surface area contributed by atoms with Crippen LogP contribution in [0.15, 0.2) is 0 Å². The van der Waals surface area contributed by atoms with E-state index >= 15 is 0 Å². The normalized spacial score (nSPS) is 14.6. The third kappa shape index (κ3) is 2.82. The lowest BCUT2D eigenvalue weighted by Crippen LogP contribution is -2.27. The van der Waals surface area contributed by atoms with Crippen LogP contribution in [0.25, 0.3) is 0 Å². The van der Waals surface area contributed by atoms with Crippen LogP contribution in [0.1, 0.15) is 25.2 Å². The van der Waals surface area contributed by atoms with Gasteiger partial charge >= 0.3 is 0 Å². The average molecular weight is 224 g/mol. The molecule has 0 aliphatic rings. The molecule has 5 heteroatoms. The van der Waals surface area contributed by atoms with Crippen molar-refractivity contribution in [3.8, 4) is 0 Å². The molecule has 0 spiro atoms. The number of aliphatic hydroxyl groups is 1. The van der Waals surface area contributed by atoms with E-state index in [4.69, 9.17) is 10.8 Å². The van der Waals surface area contributed by atoms with E-state index in [1.165, 1.54) is 0 Å². The van der Waals surface area contributed by atoms with Gasteiger partial charge in [-0.2, -0.15) is 0 Å². The van der Waals surface area contributed by atoms with Gasteiger partial charge < -0.3 is 16.2 Å². The van der Waals surface area contributed by atoms with Crippen LogP contribution in [-0.2, 0) is 0 Å². The van der Waals surface area contributed by atoms with Gasteiger partial charge in [-0.15, -0.1) is 0 Å². The lowest BCUT2D eigenvalue weighted by atomic mass is 10.1. The van der Waals surface area contributed by atoms with E-state index in [1.54, 1.807) is 6.92 Å². The van der Waals surface area contributed by atoms with Gasteiger partial charge in [0.1, 0.15) is 17.5 Å². The second-order valence-electron chi connectivity index (χ2n) is 4.22. The topological polar surface area (TPSA) is 84.1 Å². The lowest BCUT2D eigenvalue weighted by Gasteiger charge is -2.21. The standard InChI is InChI=1S/C11H20N4O/c1-6(5-16)8(3)13-11-7(2)10(12)14-9(4)15-11/h6,8,16H,5H2,1-4H3,(H3,12,13,14,15). The lowest BCUT2D eigenvalue weighted by molar-refractivity contribution is 0.226. The minimum Gasteiger partial charge on any atom is -0.396 e. The van der Waals surface area contributed by atoms with Crippen molar-refractivity contribution in [2.75, 3.05) is 17.7 Å². The summed E-state index contributed by atoms with van der Waals surface area (Å²) in [6.07, 6.45) is 0. The van der Waals surface area contributed by atoms with Gasteiger partial charge in [0, 0.05) is 18.2 Å². The Kier molecular flexibility index (Phi) is 4.06. The number of hydrogen-bond donors (Lipinski definition) is 3. The van der Waals surface area contributed by atoms with Crippen molar-refractivity contribution in [2.45, 2.75) is 33.7 Å². The van der Waals surface area contributed by atoms with Crippen molar-refractivity contribution in [1.82, 2.24) is 9.97 Å².